The number of amides is 1. The summed E-state index contributed by atoms with van der Waals surface area (Å²) in [6.45, 7) is 1.68. The van der Waals surface area contributed by atoms with Crippen molar-refractivity contribution in [3.05, 3.63) is 77.9 Å². The van der Waals surface area contributed by atoms with Crippen molar-refractivity contribution < 1.29 is 14.3 Å². The average Bonchev–Trinajstić information content (AvgIpc) is 2.79. The van der Waals surface area contributed by atoms with Gasteiger partial charge in [-0.15, -0.1) is 0 Å². The maximum absolute atomic E-state index is 12.6. The first-order valence-electron chi connectivity index (χ1n) is 9.67. The lowest BCUT2D eigenvalue weighted by Gasteiger charge is -2.16. The van der Waals surface area contributed by atoms with Gasteiger partial charge in [0.25, 0.3) is 5.91 Å². The maximum Gasteiger partial charge on any atom is 0.265 e. The second kappa shape index (κ2) is 9.02. The average molecular weight is 434 g/mol. The predicted octanol–water partition coefficient (Wildman–Crippen LogP) is 5.36. The molecule has 1 N–H and O–H groups in total. The van der Waals surface area contributed by atoms with E-state index in [9.17, 15) is 4.79 Å². The molecule has 4 aromatic rings. The Kier molecular flexibility index (Phi) is 6.00. The molecule has 0 saturated carbocycles. The molecule has 0 aliphatic carbocycles. The Labute approximate surface area is 184 Å². The fraction of sp³-hybridized carbons (Fsp3) is 0.125. The Bertz CT molecular complexity index is 1230. The number of hydrogen-bond donors (Lipinski definition) is 1. The Morgan fingerprint density at radius 3 is 2.52 bits per heavy atom. The minimum absolute atomic E-state index is 0.315. The monoisotopic (exact) mass is 433 g/mol. The normalized spacial score (nSPS) is 11.7. The molecular formula is C24H20ClN3O3. The third-order valence-electron chi connectivity index (χ3n) is 4.70. The summed E-state index contributed by atoms with van der Waals surface area (Å²) in [7, 11) is 1.53. The first-order chi connectivity index (χ1) is 15.0. The number of halogens is 1. The van der Waals surface area contributed by atoms with Crippen molar-refractivity contribution >= 4 is 34.2 Å². The Hall–Kier alpha value is -3.64. The number of fused-ring (bicyclic) bond motifs is 1. The van der Waals surface area contributed by atoms with Crippen LogP contribution in [0.3, 0.4) is 0 Å². The van der Waals surface area contributed by atoms with Crippen LogP contribution in [0.1, 0.15) is 6.92 Å². The van der Waals surface area contributed by atoms with Crippen LogP contribution in [0.4, 0.5) is 5.69 Å². The highest BCUT2D eigenvalue weighted by Gasteiger charge is 2.17. The third-order valence-corrected chi connectivity index (χ3v) is 4.94. The quantitative estimate of drug-likeness (QED) is 0.442. The number of ether oxygens (including phenoxy) is 2. The topological polar surface area (TPSA) is 73.3 Å². The largest absolute Gasteiger partial charge is 0.495 e. The molecule has 0 aliphatic rings. The first kappa shape index (κ1) is 20.6. The van der Waals surface area contributed by atoms with Crippen LogP contribution in [0.2, 0.25) is 5.02 Å². The molecule has 6 nitrogen and oxygen atoms in total. The molecule has 0 saturated heterocycles. The highest BCUT2D eigenvalue weighted by atomic mass is 35.5. The van der Waals surface area contributed by atoms with Gasteiger partial charge in [0, 0.05) is 10.6 Å². The van der Waals surface area contributed by atoms with E-state index in [4.69, 9.17) is 21.1 Å². The minimum Gasteiger partial charge on any atom is -0.495 e. The lowest BCUT2D eigenvalue weighted by Crippen LogP contribution is -2.30. The second-order valence-corrected chi connectivity index (χ2v) is 7.30. The summed E-state index contributed by atoms with van der Waals surface area (Å²) in [5.41, 5.74) is 3.85. The summed E-state index contributed by atoms with van der Waals surface area (Å²) in [5, 5.41) is 3.28. The summed E-state index contributed by atoms with van der Waals surface area (Å²) in [6, 6.07) is 20.1. The molecule has 156 valence electrons. The molecule has 0 fully saturated rings. The first-order valence-corrected chi connectivity index (χ1v) is 10.0. The number of carbonyl (C=O) groups excluding carboxylic acids is 1. The standard InChI is InChI=1S/C24H20ClN3O3/c1-15(24(29)28-21-13-17(25)9-12-23(21)30-2)31-18-10-7-16(8-11-18)22-14-26-19-5-3-4-6-20(19)27-22/h3-15H,1-2H3,(H,28,29)/t15-/m1/s1. The van der Waals surface area contributed by atoms with Crippen LogP contribution in [0.15, 0.2) is 72.9 Å². The maximum atomic E-state index is 12.6. The zero-order valence-corrected chi connectivity index (χ0v) is 17.8. The van der Waals surface area contributed by atoms with Crippen LogP contribution in [-0.4, -0.2) is 29.1 Å². The lowest BCUT2D eigenvalue weighted by molar-refractivity contribution is -0.122. The SMILES string of the molecule is COc1ccc(Cl)cc1NC(=O)[C@@H](C)Oc1ccc(-c2cnc3ccccc3n2)cc1. The molecule has 4 rings (SSSR count). The van der Waals surface area contributed by atoms with Gasteiger partial charge in [0.2, 0.25) is 0 Å². The van der Waals surface area contributed by atoms with Crippen molar-refractivity contribution in [2.45, 2.75) is 13.0 Å². The Balaban J connectivity index is 1.44. The number of carbonyl (C=O) groups is 1. The van der Waals surface area contributed by atoms with Crippen LogP contribution in [0.5, 0.6) is 11.5 Å². The van der Waals surface area contributed by atoms with Gasteiger partial charge in [-0.25, -0.2) is 4.98 Å². The summed E-state index contributed by atoms with van der Waals surface area (Å²) < 4.78 is 11.0. The molecular weight excluding hydrogens is 414 g/mol. The van der Waals surface area contributed by atoms with Gasteiger partial charge in [0.1, 0.15) is 11.5 Å². The van der Waals surface area contributed by atoms with Gasteiger partial charge in [-0.3, -0.25) is 9.78 Å². The smallest absolute Gasteiger partial charge is 0.265 e. The lowest BCUT2D eigenvalue weighted by atomic mass is 10.1. The third kappa shape index (κ3) is 4.75. The van der Waals surface area contributed by atoms with E-state index in [1.165, 1.54) is 7.11 Å². The molecule has 0 bridgehead atoms. The summed E-state index contributed by atoms with van der Waals surface area (Å²) >= 11 is 6.02. The van der Waals surface area contributed by atoms with Gasteiger partial charge in [-0.2, -0.15) is 0 Å². The van der Waals surface area contributed by atoms with Crippen molar-refractivity contribution in [1.82, 2.24) is 9.97 Å². The number of aromatic nitrogens is 2. The Morgan fingerprint density at radius 2 is 1.77 bits per heavy atom. The van der Waals surface area contributed by atoms with Gasteiger partial charge < -0.3 is 14.8 Å². The fourth-order valence-corrected chi connectivity index (χ4v) is 3.24. The van der Waals surface area contributed by atoms with E-state index >= 15 is 0 Å². The number of para-hydroxylation sites is 2. The summed E-state index contributed by atoms with van der Waals surface area (Å²) in [6.07, 6.45) is 1.02. The van der Waals surface area contributed by atoms with Crippen LogP contribution < -0.4 is 14.8 Å². The molecule has 3 aromatic carbocycles. The molecule has 31 heavy (non-hydrogen) atoms. The van der Waals surface area contributed by atoms with E-state index in [-0.39, 0.29) is 5.91 Å². The van der Waals surface area contributed by atoms with Crippen molar-refractivity contribution in [2.24, 2.45) is 0 Å². The number of methoxy groups -OCH3 is 1. The molecule has 1 amide bonds. The predicted molar refractivity (Wildman–Crippen MR) is 122 cm³/mol. The number of nitrogens with one attached hydrogen (secondary N) is 1. The van der Waals surface area contributed by atoms with Gasteiger partial charge in [-0.1, -0.05) is 23.7 Å². The van der Waals surface area contributed by atoms with Crippen LogP contribution >= 0.6 is 11.6 Å². The van der Waals surface area contributed by atoms with Gasteiger partial charge in [0.15, 0.2) is 6.10 Å². The molecule has 1 atom stereocenters. The van der Waals surface area contributed by atoms with E-state index in [1.807, 2.05) is 36.4 Å². The van der Waals surface area contributed by atoms with Crippen molar-refractivity contribution in [3.8, 4) is 22.8 Å². The van der Waals surface area contributed by atoms with E-state index in [0.717, 1.165) is 22.3 Å². The van der Waals surface area contributed by atoms with Gasteiger partial charge in [-0.05, 0) is 61.5 Å². The second-order valence-electron chi connectivity index (χ2n) is 6.86. The number of nitrogens with zero attached hydrogens (tertiary/aromatic N) is 2. The summed E-state index contributed by atoms with van der Waals surface area (Å²) in [5.74, 6) is 0.772. The molecule has 0 unspecified atom stereocenters. The number of hydrogen-bond acceptors (Lipinski definition) is 5. The van der Waals surface area contributed by atoms with E-state index in [2.05, 4.69) is 15.3 Å². The minimum atomic E-state index is -0.727. The van der Waals surface area contributed by atoms with E-state index in [0.29, 0.717) is 22.2 Å². The molecule has 0 spiro atoms. The van der Waals surface area contributed by atoms with Gasteiger partial charge in [0.05, 0.1) is 35.7 Å². The number of benzene rings is 3. The highest BCUT2D eigenvalue weighted by molar-refractivity contribution is 6.31. The van der Waals surface area contributed by atoms with Crippen LogP contribution in [-0.2, 0) is 4.79 Å². The van der Waals surface area contributed by atoms with Crippen molar-refractivity contribution in [3.63, 3.8) is 0 Å². The molecule has 1 heterocycles. The van der Waals surface area contributed by atoms with Gasteiger partial charge >= 0.3 is 0 Å². The molecule has 0 aliphatic heterocycles. The summed E-state index contributed by atoms with van der Waals surface area (Å²) in [4.78, 5) is 21.6. The van der Waals surface area contributed by atoms with E-state index < -0.39 is 6.10 Å². The number of anilines is 1. The highest BCUT2D eigenvalue weighted by Crippen LogP contribution is 2.28. The molecule has 1 aromatic heterocycles. The zero-order chi connectivity index (χ0) is 21.8. The Morgan fingerprint density at radius 1 is 1.03 bits per heavy atom. The zero-order valence-electron chi connectivity index (χ0n) is 17.0. The van der Waals surface area contributed by atoms with Crippen molar-refractivity contribution in [2.75, 3.05) is 12.4 Å². The van der Waals surface area contributed by atoms with Crippen molar-refractivity contribution in [1.29, 1.82) is 0 Å². The number of rotatable bonds is 6. The molecule has 7 heteroatoms. The van der Waals surface area contributed by atoms with Crippen LogP contribution in [0.25, 0.3) is 22.3 Å². The van der Waals surface area contributed by atoms with Crippen LogP contribution in [0, 0.1) is 0 Å². The fourth-order valence-electron chi connectivity index (χ4n) is 3.07. The van der Waals surface area contributed by atoms with E-state index in [1.54, 1.807) is 43.5 Å². The molecule has 0 radical (unpaired) electrons.